The SMILES string of the molecule is OP(O)CP(O)OCC1CCC(c2cnc3c(NC4CCCCC4)nc(Cl)nn23)O1. The molecule has 166 valence electrons. The third-order valence-corrected chi connectivity index (χ3v) is 7.99. The van der Waals surface area contributed by atoms with Gasteiger partial charge in [-0.15, -0.1) is 5.10 Å². The van der Waals surface area contributed by atoms with E-state index in [4.69, 9.17) is 30.6 Å². The molecule has 1 saturated carbocycles. The van der Waals surface area contributed by atoms with E-state index in [1.165, 1.54) is 19.3 Å². The molecule has 30 heavy (non-hydrogen) atoms. The lowest BCUT2D eigenvalue weighted by atomic mass is 9.95. The van der Waals surface area contributed by atoms with Crippen LogP contribution in [0.3, 0.4) is 0 Å². The minimum Gasteiger partial charge on any atom is -0.366 e. The van der Waals surface area contributed by atoms with Gasteiger partial charge in [0.25, 0.3) is 0 Å². The number of rotatable bonds is 8. The molecule has 0 aromatic carbocycles. The van der Waals surface area contributed by atoms with Crippen molar-refractivity contribution < 1.29 is 23.9 Å². The van der Waals surface area contributed by atoms with Crippen molar-refractivity contribution in [1.29, 1.82) is 0 Å². The van der Waals surface area contributed by atoms with E-state index in [9.17, 15) is 4.89 Å². The Morgan fingerprint density at radius 1 is 1.20 bits per heavy atom. The van der Waals surface area contributed by atoms with Crippen LogP contribution >= 0.6 is 28.4 Å². The molecule has 10 nitrogen and oxygen atoms in total. The Morgan fingerprint density at radius 3 is 2.77 bits per heavy atom. The molecule has 0 radical (unpaired) electrons. The van der Waals surface area contributed by atoms with Crippen LogP contribution in [-0.4, -0.2) is 58.9 Å². The molecule has 0 spiro atoms. The molecule has 1 aliphatic heterocycles. The maximum atomic E-state index is 9.70. The van der Waals surface area contributed by atoms with Gasteiger partial charge in [0.2, 0.25) is 5.28 Å². The third kappa shape index (κ3) is 5.56. The van der Waals surface area contributed by atoms with Gasteiger partial charge in [-0.05, 0) is 37.3 Å². The molecule has 1 aliphatic carbocycles. The summed E-state index contributed by atoms with van der Waals surface area (Å²) in [6, 6.07) is 0.366. The fourth-order valence-electron chi connectivity index (χ4n) is 3.99. The van der Waals surface area contributed by atoms with E-state index >= 15 is 0 Å². The predicted molar refractivity (Wildman–Crippen MR) is 114 cm³/mol. The van der Waals surface area contributed by atoms with Crippen LogP contribution in [0.5, 0.6) is 0 Å². The standard InChI is InChI=1S/C17H26ClN5O5P2/c18-17-21-15(20-11-4-2-1-3-5-11)16-19-8-13(23(16)22-17)14-7-6-12(28-14)9-27-30(26)10-29(24)25/h8,11-12,14,24-26H,1-7,9-10H2,(H,20,21,22). The molecule has 1 saturated heterocycles. The lowest BCUT2D eigenvalue weighted by Crippen LogP contribution is -2.23. The zero-order chi connectivity index (χ0) is 21.1. The first-order chi connectivity index (χ1) is 14.5. The zero-order valence-corrected chi connectivity index (χ0v) is 18.9. The highest BCUT2D eigenvalue weighted by molar-refractivity contribution is 7.63. The van der Waals surface area contributed by atoms with Crippen molar-refractivity contribution in [3.63, 3.8) is 0 Å². The van der Waals surface area contributed by atoms with Gasteiger partial charge in [0.05, 0.1) is 30.5 Å². The molecule has 2 aromatic heterocycles. The zero-order valence-electron chi connectivity index (χ0n) is 16.4. The summed E-state index contributed by atoms with van der Waals surface area (Å²) in [4.78, 5) is 36.5. The van der Waals surface area contributed by atoms with E-state index < -0.39 is 16.8 Å². The Balaban J connectivity index is 1.43. The van der Waals surface area contributed by atoms with Crippen LogP contribution in [0, 0.1) is 0 Å². The van der Waals surface area contributed by atoms with Crippen LogP contribution in [0.1, 0.15) is 56.7 Å². The van der Waals surface area contributed by atoms with Gasteiger partial charge >= 0.3 is 0 Å². The van der Waals surface area contributed by atoms with E-state index in [2.05, 4.69) is 20.4 Å². The molecular formula is C17H26ClN5O5P2. The number of halogens is 1. The summed E-state index contributed by atoms with van der Waals surface area (Å²) in [5.74, 6) is 0.502. The summed E-state index contributed by atoms with van der Waals surface area (Å²) in [5.41, 5.74) is 1.42. The topological polar surface area (TPSA) is 134 Å². The van der Waals surface area contributed by atoms with Crippen molar-refractivity contribution in [1.82, 2.24) is 19.6 Å². The van der Waals surface area contributed by atoms with Crippen LogP contribution in [0.4, 0.5) is 5.82 Å². The van der Waals surface area contributed by atoms with Crippen molar-refractivity contribution in [2.45, 2.75) is 63.2 Å². The van der Waals surface area contributed by atoms with Crippen molar-refractivity contribution in [2.75, 3.05) is 17.8 Å². The molecule has 0 amide bonds. The van der Waals surface area contributed by atoms with E-state index in [0.29, 0.717) is 17.5 Å². The Hall–Kier alpha value is -0.700. The van der Waals surface area contributed by atoms with E-state index in [1.54, 1.807) is 10.7 Å². The molecule has 2 fully saturated rings. The summed E-state index contributed by atoms with van der Waals surface area (Å²) in [6.07, 6.45) is 8.73. The number of imidazole rings is 1. The molecular weight excluding hydrogens is 452 g/mol. The first-order valence-electron chi connectivity index (χ1n) is 10.1. The van der Waals surface area contributed by atoms with Gasteiger partial charge in [0.1, 0.15) is 6.10 Å². The van der Waals surface area contributed by atoms with Crippen molar-refractivity contribution in [2.24, 2.45) is 0 Å². The number of nitrogens with zero attached hydrogens (tertiary/aromatic N) is 4. The Labute approximate surface area is 181 Å². The van der Waals surface area contributed by atoms with E-state index in [1.807, 2.05) is 0 Å². The molecule has 4 rings (SSSR count). The minimum atomic E-state index is -2.17. The molecule has 0 bridgehead atoms. The van der Waals surface area contributed by atoms with Gasteiger partial charge in [-0.2, -0.15) is 4.98 Å². The van der Waals surface area contributed by atoms with E-state index in [-0.39, 0.29) is 30.0 Å². The second-order valence-electron chi connectivity index (χ2n) is 7.61. The molecule has 2 aliphatic rings. The molecule has 13 heteroatoms. The van der Waals surface area contributed by atoms with Crippen molar-refractivity contribution >= 4 is 39.8 Å². The maximum absolute atomic E-state index is 9.70. The Bertz CT molecular complexity index is 853. The van der Waals surface area contributed by atoms with Crippen molar-refractivity contribution in [3.05, 3.63) is 17.2 Å². The number of ether oxygens (including phenoxy) is 1. The van der Waals surface area contributed by atoms with Gasteiger partial charge < -0.3 is 29.3 Å². The highest BCUT2D eigenvalue weighted by Crippen LogP contribution is 2.44. The molecule has 2 aromatic rings. The van der Waals surface area contributed by atoms with Crippen LogP contribution < -0.4 is 5.32 Å². The lowest BCUT2D eigenvalue weighted by molar-refractivity contribution is 0.0151. The highest BCUT2D eigenvalue weighted by atomic mass is 35.5. The fraction of sp³-hybridized carbons (Fsp3) is 0.706. The summed E-state index contributed by atoms with van der Waals surface area (Å²) in [5, 5.41) is 7.96. The maximum Gasteiger partial charge on any atom is 0.243 e. The predicted octanol–water partition coefficient (Wildman–Crippen LogP) is 3.32. The molecule has 3 atom stereocenters. The van der Waals surface area contributed by atoms with E-state index in [0.717, 1.165) is 31.4 Å². The third-order valence-electron chi connectivity index (χ3n) is 5.40. The number of aromatic nitrogens is 4. The number of nitrogens with one attached hydrogen (secondary N) is 1. The van der Waals surface area contributed by atoms with Crippen LogP contribution in [0.15, 0.2) is 6.20 Å². The van der Waals surface area contributed by atoms with Crippen molar-refractivity contribution in [3.8, 4) is 0 Å². The normalized spacial score (nSPS) is 24.0. The fourth-order valence-corrected chi connectivity index (χ4v) is 5.68. The largest absolute Gasteiger partial charge is 0.366 e. The Morgan fingerprint density at radius 2 is 2.00 bits per heavy atom. The first kappa shape index (κ1) is 22.5. The summed E-state index contributed by atoms with van der Waals surface area (Å²) in [7, 11) is -4.02. The molecule has 3 unspecified atom stereocenters. The lowest BCUT2D eigenvalue weighted by Gasteiger charge is -2.23. The average Bonchev–Trinajstić information content (AvgIpc) is 3.33. The summed E-state index contributed by atoms with van der Waals surface area (Å²) >= 11 is 6.20. The number of hydrogen-bond acceptors (Lipinski definition) is 9. The Kier molecular flexibility index (Phi) is 7.71. The highest BCUT2D eigenvalue weighted by Gasteiger charge is 2.31. The van der Waals surface area contributed by atoms with Gasteiger partial charge in [0, 0.05) is 6.04 Å². The van der Waals surface area contributed by atoms with Gasteiger partial charge in [-0.3, -0.25) is 0 Å². The number of fused-ring (bicyclic) bond motifs is 1. The molecule has 3 heterocycles. The minimum absolute atomic E-state index is 0.139. The first-order valence-corrected chi connectivity index (χ1v) is 13.3. The van der Waals surface area contributed by atoms with Crippen LogP contribution in [0.25, 0.3) is 5.65 Å². The molecule has 4 N–H and O–H groups in total. The summed E-state index contributed by atoms with van der Waals surface area (Å²) in [6.45, 7) is 0.197. The van der Waals surface area contributed by atoms with Gasteiger partial charge in [0.15, 0.2) is 28.2 Å². The van der Waals surface area contributed by atoms with Gasteiger partial charge in [-0.25, -0.2) is 9.50 Å². The monoisotopic (exact) mass is 477 g/mol. The summed E-state index contributed by atoms with van der Waals surface area (Å²) < 4.78 is 13.1. The van der Waals surface area contributed by atoms with Gasteiger partial charge in [-0.1, -0.05) is 19.3 Å². The van der Waals surface area contributed by atoms with Crippen LogP contribution in [-0.2, 0) is 9.26 Å². The second kappa shape index (κ2) is 10.3. The quantitative estimate of drug-likeness (QED) is 0.422. The number of hydrogen-bond donors (Lipinski definition) is 4. The average molecular weight is 478 g/mol. The van der Waals surface area contributed by atoms with Crippen LogP contribution in [0.2, 0.25) is 5.28 Å². The smallest absolute Gasteiger partial charge is 0.243 e. The number of anilines is 1. The second-order valence-corrected chi connectivity index (χ2v) is 10.8.